The van der Waals surface area contributed by atoms with Crippen molar-refractivity contribution < 1.29 is 4.79 Å². The lowest BCUT2D eigenvalue weighted by Crippen LogP contribution is -2.14. The molecule has 0 aliphatic rings. The van der Waals surface area contributed by atoms with Crippen molar-refractivity contribution in [3.8, 4) is 0 Å². The van der Waals surface area contributed by atoms with Gasteiger partial charge < -0.3 is 5.73 Å². The summed E-state index contributed by atoms with van der Waals surface area (Å²) < 4.78 is 0. The van der Waals surface area contributed by atoms with Crippen molar-refractivity contribution in [2.75, 3.05) is 0 Å². The van der Waals surface area contributed by atoms with E-state index in [9.17, 15) is 4.79 Å². The number of primary amides is 1. The number of rotatable bonds is 1. The van der Waals surface area contributed by atoms with Crippen LogP contribution in [0.25, 0.3) is 0 Å². The summed E-state index contributed by atoms with van der Waals surface area (Å²) in [6.45, 7) is 1.64. The maximum Gasteiger partial charge on any atom is 0.269 e. The number of amides is 1. The van der Waals surface area contributed by atoms with Crippen molar-refractivity contribution >= 4 is 5.91 Å². The molecule has 10 heavy (non-hydrogen) atoms. The van der Waals surface area contributed by atoms with E-state index >= 15 is 0 Å². The van der Waals surface area contributed by atoms with Crippen LogP contribution in [0.2, 0.25) is 0 Å². The monoisotopic (exact) mass is 138 g/mol. The van der Waals surface area contributed by atoms with Crippen LogP contribution in [0.5, 0.6) is 0 Å². The molecule has 0 radical (unpaired) electrons. The first-order chi connectivity index (χ1) is 4.70. The normalized spacial score (nSPS) is 9.30. The van der Waals surface area contributed by atoms with Crippen molar-refractivity contribution in [2.45, 2.75) is 6.92 Å². The van der Waals surface area contributed by atoms with Crippen LogP contribution in [0.15, 0.2) is 6.20 Å². The number of carbonyl (C=O) groups excluding carboxylic acids is 1. The van der Waals surface area contributed by atoms with E-state index in [1.165, 1.54) is 6.20 Å². The minimum Gasteiger partial charge on any atom is -0.364 e. The summed E-state index contributed by atoms with van der Waals surface area (Å²) in [6, 6.07) is 0. The summed E-state index contributed by atoms with van der Waals surface area (Å²) in [4.78, 5) is 14.2. The Morgan fingerprint density at radius 1 is 1.70 bits per heavy atom. The van der Waals surface area contributed by atoms with E-state index in [0.29, 0.717) is 5.82 Å². The molecular formula is C5H6N4O. The Morgan fingerprint density at radius 2 is 2.40 bits per heavy atom. The minimum absolute atomic E-state index is 0.146. The fraction of sp³-hybridized carbons (Fsp3) is 0.200. The fourth-order valence-corrected chi connectivity index (χ4v) is 0.511. The van der Waals surface area contributed by atoms with Crippen molar-refractivity contribution in [1.82, 2.24) is 15.2 Å². The van der Waals surface area contributed by atoms with Crippen LogP contribution in [-0.2, 0) is 0 Å². The summed E-state index contributed by atoms with van der Waals surface area (Å²) in [6.07, 6.45) is 1.23. The highest BCUT2D eigenvalue weighted by molar-refractivity contribution is 5.90. The number of carbonyl (C=O) groups is 1. The van der Waals surface area contributed by atoms with Gasteiger partial charge in [-0.1, -0.05) is 0 Å². The Morgan fingerprint density at radius 3 is 2.80 bits per heavy atom. The number of aryl methyl sites for hydroxylation is 1. The quantitative estimate of drug-likeness (QED) is 0.555. The lowest BCUT2D eigenvalue weighted by Gasteiger charge is -1.91. The number of nitrogens with two attached hydrogens (primary N) is 1. The average molecular weight is 138 g/mol. The van der Waals surface area contributed by atoms with Gasteiger partial charge >= 0.3 is 0 Å². The molecule has 0 unspecified atom stereocenters. The summed E-state index contributed by atoms with van der Waals surface area (Å²) >= 11 is 0. The molecule has 1 rings (SSSR count). The van der Waals surface area contributed by atoms with E-state index in [-0.39, 0.29) is 5.69 Å². The molecule has 52 valence electrons. The molecule has 0 aromatic carbocycles. The van der Waals surface area contributed by atoms with E-state index in [0.717, 1.165) is 0 Å². The Hall–Kier alpha value is -1.52. The highest BCUT2D eigenvalue weighted by Gasteiger charge is 2.01. The van der Waals surface area contributed by atoms with Crippen molar-refractivity contribution in [2.24, 2.45) is 5.73 Å². The fourth-order valence-electron chi connectivity index (χ4n) is 0.511. The predicted octanol–water partition coefficient (Wildman–Crippen LogP) is -0.721. The van der Waals surface area contributed by atoms with Gasteiger partial charge in [0.1, 0.15) is 11.5 Å². The van der Waals surface area contributed by atoms with Crippen molar-refractivity contribution in [3.05, 3.63) is 17.7 Å². The van der Waals surface area contributed by atoms with E-state index in [2.05, 4.69) is 15.2 Å². The Balaban J connectivity index is 3.07. The molecule has 5 nitrogen and oxygen atoms in total. The SMILES string of the molecule is Cc1nncc(C(N)=O)n1. The predicted molar refractivity (Wildman–Crippen MR) is 33.1 cm³/mol. The molecule has 0 aliphatic heterocycles. The molecule has 0 saturated carbocycles. The van der Waals surface area contributed by atoms with E-state index in [1.54, 1.807) is 6.92 Å². The summed E-state index contributed by atoms with van der Waals surface area (Å²) in [5.74, 6) is -0.144. The molecule has 5 heteroatoms. The number of hydrogen-bond acceptors (Lipinski definition) is 4. The molecule has 0 spiro atoms. The van der Waals surface area contributed by atoms with Crippen LogP contribution >= 0.6 is 0 Å². The van der Waals surface area contributed by atoms with E-state index < -0.39 is 5.91 Å². The van der Waals surface area contributed by atoms with Gasteiger partial charge in [-0.25, -0.2) is 4.98 Å². The molecule has 0 aliphatic carbocycles. The van der Waals surface area contributed by atoms with Crippen LogP contribution in [0.3, 0.4) is 0 Å². The van der Waals surface area contributed by atoms with Gasteiger partial charge in [-0.3, -0.25) is 4.79 Å². The molecule has 0 atom stereocenters. The van der Waals surface area contributed by atoms with Crippen LogP contribution in [0, 0.1) is 6.92 Å². The molecule has 1 aromatic heterocycles. The third-order valence-electron chi connectivity index (χ3n) is 0.917. The average Bonchev–Trinajstić information content (AvgIpc) is 1.88. The summed E-state index contributed by atoms with van der Waals surface area (Å²) in [5, 5.41) is 7.05. The van der Waals surface area contributed by atoms with Crippen LogP contribution in [0.1, 0.15) is 16.3 Å². The van der Waals surface area contributed by atoms with Crippen LogP contribution < -0.4 is 5.73 Å². The lowest BCUT2D eigenvalue weighted by molar-refractivity contribution is 0.0994. The molecule has 0 saturated heterocycles. The van der Waals surface area contributed by atoms with Gasteiger partial charge in [0, 0.05) is 0 Å². The second-order valence-electron chi connectivity index (χ2n) is 1.75. The Labute approximate surface area is 57.3 Å². The number of nitrogens with zero attached hydrogens (tertiary/aromatic N) is 3. The zero-order valence-corrected chi connectivity index (χ0v) is 5.40. The molecule has 1 aromatic rings. The van der Waals surface area contributed by atoms with Crippen LogP contribution in [0.4, 0.5) is 0 Å². The van der Waals surface area contributed by atoms with Gasteiger partial charge in [0.05, 0.1) is 6.20 Å². The van der Waals surface area contributed by atoms with Crippen LogP contribution in [-0.4, -0.2) is 21.1 Å². The first-order valence-electron chi connectivity index (χ1n) is 2.66. The van der Waals surface area contributed by atoms with E-state index in [1.807, 2.05) is 0 Å². The maximum atomic E-state index is 10.4. The standard InChI is InChI=1S/C5H6N4O/c1-3-8-4(5(6)10)2-7-9-3/h2H,1H3,(H2,6,10). The molecule has 0 bridgehead atoms. The van der Waals surface area contributed by atoms with Crippen molar-refractivity contribution in [1.29, 1.82) is 0 Å². The molecular weight excluding hydrogens is 132 g/mol. The lowest BCUT2D eigenvalue weighted by atomic mass is 10.4. The molecule has 2 N–H and O–H groups in total. The smallest absolute Gasteiger partial charge is 0.269 e. The zero-order chi connectivity index (χ0) is 7.56. The Kier molecular flexibility index (Phi) is 1.57. The second-order valence-corrected chi connectivity index (χ2v) is 1.75. The minimum atomic E-state index is -0.585. The van der Waals surface area contributed by atoms with E-state index in [4.69, 9.17) is 5.73 Å². The first kappa shape index (κ1) is 6.60. The molecule has 1 heterocycles. The van der Waals surface area contributed by atoms with Gasteiger partial charge in [-0.2, -0.15) is 5.10 Å². The molecule has 1 amide bonds. The maximum absolute atomic E-state index is 10.4. The van der Waals surface area contributed by atoms with Gasteiger partial charge in [-0.05, 0) is 6.92 Å². The summed E-state index contributed by atoms with van der Waals surface area (Å²) in [7, 11) is 0. The third-order valence-corrected chi connectivity index (χ3v) is 0.917. The third kappa shape index (κ3) is 1.25. The second kappa shape index (κ2) is 2.38. The van der Waals surface area contributed by atoms with Crippen molar-refractivity contribution in [3.63, 3.8) is 0 Å². The topological polar surface area (TPSA) is 81.8 Å². The highest BCUT2D eigenvalue weighted by atomic mass is 16.1. The first-order valence-corrected chi connectivity index (χ1v) is 2.66. The van der Waals surface area contributed by atoms with Gasteiger partial charge in [0.15, 0.2) is 0 Å². The largest absolute Gasteiger partial charge is 0.364 e. The van der Waals surface area contributed by atoms with Gasteiger partial charge in [-0.15, -0.1) is 5.10 Å². The zero-order valence-electron chi connectivity index (χ0n) is 5.40. The number of hydrogen-bond donors (Lipinski definition) is 1. The van der Waals surface area contributed by atoms with Gasteiger partial charge in [0.25, 0.3) is 5.91 Å². The molecule has 0 fully saturated rings. The number of aromatic nitrogens is 3. The highest BCUT2D eigenvalue weighted by Crippen LogP contribution is 1.88. The van der Waals surface area contributed by atoms with Gasteiger partial charge in [0.2, 0.25) is 0 Å². The summed E-state index contributed by atoms with van der Waals surface area (Å²) in [5.41, 5.74) is 5.06. The Bertz CT molecular complexity index is 260.